The summed E-state index contributed by atoms with van der Waals surface area (Å²) in [5.41, 5.74) is 1.73. The van der Waals surface area contributed by atoms with Crippen molar-refractivity contribution in [1.82, 2.24) is 9.80 Å². The molecule has 0 aromatic heterocycles. The molecule has 0 spiro atoms. The molecule has 0 unspecified atom stereocenters. The lowest BCUT2D eigenvalue weighted by Crippen LogP contribution is -2.45. The first kappa shape index (κ1) is 19.4. The summed E-state index contributed by atoms with van der Waals surface area (Å²) in [7, 11) is 0.203. The third kappa shape index (κ3) is 4.15. The number of hydrogen-bond donors (Lipinski definition) is 1. The Bertz CT molecular complexity index is 907. The molecule has 27 heavy (non-hydrogen) atoms. The van der Waals surface area contributed by atoms with Crippen molar-refractivity contribution in [3.05, 3.63) is 29.2 Å². The number of carbonyl (C=O) groups excluding carboxylic acids is 1. The minimum atomic E-state index is -3.54. The highest BCUT2D eigenvalue weighted by atomic mass is 32.2. The van der Waals surface area contributed by atoms with Crippen molar-refractivity contribution in [2.24, 2.45) is 0 Å². The lowest BCUT2D eigenvalue weighted by atomic mass is 10.0. The number of nitrogens with zero attached hydrogens (tertiary/aromatic N) is 3. The molecule has 8 heteroatoms. The number of likely N-dealkylation sites (N-methyl/N-ethyl adjacent to an activating group) is 1. The van der Waals surface area contributed by atoms with Gasteiger partial charge in [0.1, 0.15) is 4.90 Å². The number of nitriles is 1. The second-order valence-corrected chi connectivity index (χ2v) is 8.98. The van der Waals surface area contributed by atoms with E-state index in [1.807, 2.05) is 36.0 Å². The van der Waals surface area contributed by atoms with E-state index < -0.39 is 9.84 Å². The van der Waals surface area contributed by atoms with E-state index in [-0.39, 0.29) is 23.3 Å². The lowest BCUT2D eigenvalue weighted by Gasteiger charge is -2.33. The number of carbonyl (C=O) groups is 1. The van der Waals surface area contributed by atoms with Crippen LogP contribution in [-0.2, 0) is 14.6 Å². The molecule has 1 aromatic carbocycles. The van der Waals surface area contributed by atoms with Gasteiger partial charge in [0.25, 0.3) is 0 Å². The molecule has 1 saturated heterocycles. The van der Waals surface area contributed by atoms with Crippen LogP contribution in [0.1, 0.15) is 24.8 Å². The predicted molar refractivity (Wildman–Crippen MR) is 104 cm³/mol. The van der Waals surface area contributed by atoms with Crippen molar-refractivity contribution in [2.45, 2.75) is 30.2 Å². The number of piperidine rings is 1. The van der Waals surface area contributed by atoms with Crippen molar-refractivity contribution in [2.75, 3.05) is 39.0 Å². The summed E-state index contributed by atoms with van der Waals surface area (Å²) < 4.78 is 25.1. The van der Waals surface area contributed by atoms with E-state index in [1.54, 1.807) is 12.1 Å². The maximum absolute atomic E-state index is 12.6. The predicted octanol–water partition coefficient (Wildman–Crippen LogP) is 1.69. The van der Waals surface area contributed by atoms with Crippen molar-refractivity contribution in [3.8, 4) is 6.07 Å². The summed E-state index contributed by atoms with van der Waals surface area (Å²) in [5, 5.41) is 13.5. The van der Waals surface area contributed by atoms with Gasteiger partial charge in [-0.1, -0.05) is 12.1 Å². The Morgan fingerprint density at radius 2 is 2.04 bits per heavy atom. The number of allylic oxidation sites excluding steroid dienone is 1. The molecule has 0 saturated carbocycles. The fraction of sp³-hybridized carbons (Fsp3) is 0.474. The topological polar surface area (TPSA) is 93.5 Å². The van der Waals surface area contributed by atoms with Gasteiger partial charge in [0.2, 0.25) is 15.7 Å². The van der Waals surface area contributed by atoms with E-state index in [2.05, 4.69) is 5.32 Å². The average Bonchev–Trinajstić information content (AvgIpc) is 2.87. The van der Waals surface area contributed by atoms with Gasteiger partial charge in [-0.3, -0.25) is 4.79 Å². The van der Waals surface area contributed by atoms with Gasteiger partial charge in [0, 0.05) is 30.1 Å². The van der Waals surface area contributed by atoms with Crippen LogP contribution in [0.4, 0.5) is 5.69 Å². The van der Waals surface area contributed by atoms with E-state index in [4.69, 9.17) is 5.26 Å². The maximum Gasteiger partial charge on any atom is 0.236 e. The molecule has 0 bridgehead atoms. The highest BCUT2D eigenvalue weighted by Crippen LogP contribution is 2.40. The van der Waals surface area contributed by atoms with Gasteiger partial charge in [-0.05, 0) is 38.6 Å². The summed E-state index contributed by atoms with van der Waals surface area (Å²) in [4.78, 5) is 16.1. The SMILES string of the molecule is CN(C)CC(=O)N1CCC(Nc2cccc3c2S(=O)(=O)C=C3CC#N)CC1. The highest BCUT2D eigenvalue weighted by Gasteiger charge is 2.31. The number of benzene rings is 1. The van der Waals surface area contributed by atoms with E-state index in [0.717, 1.165) is 12.8 Å². The standard InChI is InChI=1S/C19H24N4O3S/c1-22(2)12-18(24)23-10-7-15(8-11-23)21-17-5-3-4-16-14(6-9-20)13-27(25,26)19(16)17/h3-5,13,15,21H,6-8,10-12H2,1-2H3. The van der Waals surface area contributed by atoms with Gasteiger partial charge in [-0.2, -0.15) is 5.26 Å². The van der Waals surface area contributed by atoms with Crippen LogP contribution < -0.4 is 5.32 Å². The van der Waals surface area contributed by atoms with Crippen LogP contribution in [0.15, 0.2) is 28.5 Å². The molecular formula is C19H24N4O3S. The maximum atomic E-state index is 12.6. The third-order valence-corrected chi connectivity index (χ3v) is 6.47. The number of nitrogens with one attached hydrogen (secondary N) is 1. The number of anilines is 1. The number of hydrogen-bond acceptors (Lipinski definition) is 6. The Hall–Kier alpha value is -2.37. The first-order valence-electron chi connectivity index (χ1n) is 8.97. The molecular weight excluding hydrogens is 364 g/mol. The van der Waals surface area contributed by atoms with Gasteiger partial charge < -0.3 is 15.1 Å². The number of fused-ring (bicyclic) bond motifs is 1. The van der Waals surface area contributed by atoms with Gasteiger partial charge in [0.05, 0.1) is 24.7 Å². The second kappa shape index (κ2) is 7.71. The zero-order valence-electron chi connectivity index (χ0n) is 15.6. The van der Waals surface area contributed by atoms with E-state index in [0.29, 0.717) is 36.5 Å². The molecule has 2 heterocycles. The van der Waals surface area contributed by atoms with Gasteiger partial charge in [-0.15, -0.1) is 0 Å². The zero-order valence-corrected chi connectivity index (χ0v) is 16.4. The van der Waals surface area contributed by atoms with Crippen molar-refractivity contribution in [1.29, 1.82) is 5.26 Å². The van der Waals surface area contributed by atoms with E-state index in [9.17, 15) is 13.2 Å². The van der Waals surface area contributed by atoms with Crippen LogP contribution in [0.3, 0.4) is 0 Å². The quantitative estimate of drug-likeness (QED) is 0.825. The molecule has 2 aliphatic rings. The molecule has 1 aromatic rings. The fourth-order valence-electron chi connectivity index (χ4n) is 3.61. The number of rotatable bonds is 5. The van der Waals surface area contributed by atoms with Crippen LogP contribution >= 0.6 is 0 Å². The molecule has 2 aliphatic heterocycles. The van der Waals surface area contributed by atoms with E-state index in [1.165, 1.54) is 5.41 Å². The van der Waals surface area contributed by atoms with Crippen molar-refractivity contribution >= 4 is 27.0 Å². The minimum absolute atomic E-state index is 0.0715. The summed E-state index contributed by atoms with van der Waals surface area (Å²) in [6.45, 7) is 1.71. The molecule has 1 fully saturated rings. The summed E-state index contributed by atoms with van der Waals surface area (Å²) in [6.07, 6.45) is 1.60. The first-order chi connectivity index (χ1) is 12.8. The Morgan fingerprint density at radius 1 is 1.33 bits per heavy atom. The third-order valence-electron chi connectivity index (χ3n) is 4.87. The fourth-order valence-corrected chi connectivity index (χ4v) is 5.25. The van der Waals surface area contributed by atoms with Gasteiger partial charge in [0.15, 0.2) is 0 Å². The minimum Gasteiger partial charge on any atom is -0.381 e. The molecule has 0 atom stereocenters. The molecule has 0 aliphatic carbocycles. The molecule has 1 N–H and O–H groups in total. The van der Waals surface area contributed by atoms with Crippen LogP contribution in [0.2, 0.25) is 0 Å². The molecule has 3 rings (SSSR count). The Balaban J connectivity index is 1.71. The number of sulfone groups is 1. The van der Waals surface area contributed by atoms with Crippen LogP contribution in [0.25, 0.3) is 5.57 Å². The summed E-state index contributed by atoms with van der Waals surface area (Å²) in [5.74, 6) is 0.118. The van der Waals surface area contributed by atoms with Crippen molar-refractivity contribution in [3.63, 3.8) is 0 Å². The Kier molecular flexibility index (Phi) is 5.53. The first-order valence-corrected chi connectivity index (χ1v) is 10.5. The largest absolute Gasteiger partial charge is 0.381 e. The smallest absolute Gasteiger partial charge is 0.236 e. The summed E-state index contributed by atoms with van der Waals surface area (Å²) in [6, 6.07) is 7.45. The molecule has 144 valence electrons. The molecule has 0 radical (unpaired) electrons. The van der Waals surface area contributed by atoms with Gasteiger partial charge in [-0.25, -0.2) is 8.42 Å². The zero-order chi connectivity index (χ0) is 19.6. The number of likely N-dealkylation sites (tertiary alicyclic amines) is 1. The van der Waals surface area contributed by atoms with E-state index >= 15 is 0 Å². The second-order valence-electron chi connectivity index (χ2n) is 7.24. The number of amides is 1. The normalized spacial score (nSPS) is 18.7. The Morgan fingerprint density at radius 3 is 2.67 bits per heavy atom. The van der Waals surface area contributed by atoms with Crippen LogP contribution in [0, 0.1) is 11.3 Å². The molecule has 7 nitrogen and oxygen atoms in total. The molecule has 1 amide bonds. The van der Waals surface area contributed by atoms with Crippen LogP contribution in [-0.4, -0.2) is 63.9 Å². The summed E-state index contributed by atoms with van der Waals surface area (Å²) >= 11 is 0. The average molecular weight is 388 g/mol. The Labute approximate surface area is 160 Å². The van der Waals surface area contributed by atoms with Crippen molar-refractivity contribution < 1.29 is 13.2 Å². The lowest BCUT2D eigenvalue weighted by molar-refractivity contribution is -0.132. The van der Waals surface area contributed by atoms with Crippen LogP contribution in [0.5, 0.6) is 0 Å². The monoisotopic (exact) mass is 388 g/mol. The highest BCUT2D eigenvalue weighted by molar-refractivity contribution is 7.95. The van der Waals surface area contributed by atoms with Gasteiger partial charge >= 0.3 is 0 Å².